The van der Waals surface area contributed by atoms with Crippen molar-refractivity contribution in [3.63, 3.8) is 0 Å². The van der Waals surface area contributed by atoms with E-state index in [4.69, 9.17) is 0 Å². The average molecular weight is 226 g/mol. The Kier molecular flexibility index (Phi) is 5.44. The highest BCUT2D eigenvalue weighted by atomic mass is 32.2. The lowest BCUT2D eigenvalue weighted by molar-refractivity contribution is -0.121. The van der Waals surface area contributed by atoms with Crippen LogP contribution in [0.5, 0.6) is 0 Å². The van der Waals surface area contributed by atoms with Crippen LogP contribution in [0.3, 0.4) is 0 Å². The highest BCUT2D eigenvalue weighted by molar-refractivity contribution is 8.01. The number of hydrogen-bond donors (Lipinski definition) is 0. The minimum Gasteiger partial charge on any atom is -0.298 e. The van der Waals surface area contributed by atoms with Crippen molar-refractivity contribution in [2.45, 2.75) is 56.6 Å². The zero-order valence-electron chi connectivity index (χ0n) is 9.76. The van der Waals surface area contributed by atoms with Gasteiger partial charge in [0.15, 0.2) is 0 Å². The molecule has 0 N–H and O–H groups in total. The lowest BCUT2D eigenvalue weighted by Crippen LogP contribution is -2.28. The monoisotopic (exact) mass is 226 g/mol. The third kappa shape index (κ3) is 4.02. The second-order valence-electron chi connectivity index (χ2n) is 4.49. The number of Topliss-reactive ketones (excluding diaryl/α,β-unsaturated/α-hetero) is 1. The number of unbranched alkanes of at least 4 members (excludes halogenated alkanes) is 3. The molecule has 0 aliphatic carbocycles. The summed E-state index contributed by atoms with van der Waals surface area (Å²) in [5.74, 6) is 1.64. The summed E-state index contributed by atoms with van der Waals surface area (Å²) in [6.45, 7) is 5.82. The third-order valence-corrected chi connectivity index (χ3v) is 4.68. The molecule has 1 nitrogen and oxygen atoms in total. The van der Waals surface area contributed by atoms with E-state index in [1.54, 1.807) is 0 Å². The maximum Gasteiger partial charge on any atom is 0.148 e. The van der Waals surface area contributed by atoms with E-state index >= 15 is 0 Å². The van der Waals surface area contributed by atoms with Crippen molar-refractivity contribution in [1.82, 2.24) is 0 Å². The summed E-state index contributed by atoms with van der Waals surface area (Å²) in [6.07, 6.45) is 9.52. The molecular formula is C13H22OS. The van der Waals surface area contributed by atoms with Gasteiger partial charge in [-0.3, -0.25) is 4.79 Å². The minimum absolute atomic E-state index is 0.0432. The second-order valence-corrected chi connectivity index (χ2v) is 6.09. The smallest absolute Gasteiger partial charge is 0.148 e. The molecule has 1 unspecified atom stereocenters. The standard InChI is InChI=1S/C13H22OS/c1-3-4-5-6-7-9-12(14)13(2)10-8-11-15-13/h3H,1,4-11H2,2H3. The minimum atomic E-state index is -0.0432. The van der Waals surface area contributed by atoms with Gasteiger partial charge in [0.2, 0.25) is 0 Å². The summed E-state index contributed by atoms with van der Waals surface area (Å²) >= 11 is 1.86. The molecule has 1 fully saturated rings. The third-order valence-electron chi connectivity index (χ3n) is 3.12. The van der Waals surface area contributed by atoms with Gasteiger partial charge in [-0.05, 0) is 44.8 Å². The van der Waals surface area contributed by atoms with Gasteiger partial charge in [-0.25, -0.2) is 0 Å². The number of thioether (sulfide) groups is 1. The predicted octanol–water partition coefficient (Wildman–Crippen LogP) is 3.98. The van der Waals surface area contributed by atoms with E-state index < -0.39 is 0 Å². The molecule has 1 atom stereocenters. The van der Waals surface area contributed by atoms with Gasteiger partial charge < -0.3 is 0 Å². The molecule has 1 rings (SSSR count). The van der Waals surface area contributed by atoms with Gasteiger partial charge in [0, 0.05) is 6.42 Å². The van der Waals surface area contributed by atoms with Crippen molar-refractivity contribution >= 4 is 17.5 Å². The number of carbonyl (C=O) groups is 1. The number of allylic oxidation sites excluding steroid dienone is 1. The van der Waals surface area contributed by atoms with E-state index in [1.165, 1.54) is 25.0 Å². The Bertz CT molecular complexity index is 217. The van der Waals surface area contributed by atoms with E-state index in [1.807, 2.05) is 17.8 Å². The fourth-order valence-electron chi connectivity index (χ4n) is 2.01. The van der Waals surface area contributed by atoms with Gasteiger partial charge in [-0.15, -0.1) is 18.3 Å². The normalized spacial score (nSPS) is 25.4. The first kappa shape index (κ1) is 12.8. The van der Waals surface area contributed by atoms with Crippen molar-refractivity contribution in [2.75, 3.05) is 5.75 Å². The highest BCUT2D eigenvalue weighted by Gasteiger charge is 2.35. The molecule has 15 heavy (non-hydrogen) atoms. The van der Waals surface area contributed by atoms with E-state index in [0.717, 1.165) is 25.7 Å². The lowest BCUT2D eigenvalue weighted by atomic mass is 9.96. The Morgan fingerprint density at radius 3 is 2.87 bits per heavy atom. The quantitative estimate of drug-likeness (QED) is 0.482. The van der Waals surface area contributed by atoms with Gasteiger partial charge in [-0.2, -0.15) is 0 Å². The summed E-state index contributed by atoms with van der Waals surface area (Å²) in [4.78, 5) is 12.0. The summed E-state index contributed by atoms with van der Waals surface area (Å²) < 4.78 is -0.0432. The van der Waals surface area contributed by atoms with Crippen LogP contribution < -0.4 is 0 Å². The Balaban J connectivity index is 2.15. The Morgan fingerprint density at radius 1 is 1.47 bits per heavy atom. The maximum atomic E-state index is 12.0. The van der Waals surface area contributed by atoms with E-state index in [0.29, 0.717) is 5.78 Å². The van der Waals surface area contributed by atoms with Crippen molar-refractivity contribution in [3.05, 3.63) is 12.7 Å². The average Bonchev–Trinajstić information content (AvgIpc) is 2.66. The van der Waals surface area contributed by atoms with E-state index in [-0.39, 0.29) is 4.75 Å². The van der Waals surface area contributed by atoms with Crippen molar-refractivity contribution < 1.29 is 4.79 Å². The van der Waals surface area contributed by atoms with Crippen LogP contribution in [0.25, 0.3) is 0 Å². The summed E-state index contributed by atoms with van der Waals surface area (Å²) in [6, 6.07) is 0. The molecule has 86 valence electrons. The lowest BCUT2D eigenvalue weighted by Gasteiger charge is -2.20. The Labute approximate surface area is 97.7 Å². The van der Waals surface area contributed by atoms with Crippen LogP contribution in [0.4, 0.5) is 0 Å². The molecule has 0 amide bonds. The highest BCUT2D eigenvalue weighted by Crippen LogP contribution is 2.39. The van der Waals surface area contributed by atoms with Crippen LogP contribution in [0.1, 0.15) is 51.9 Å². The van der Waals surface area contributed by atoms with Crippen LogP contribution >= 0.6 is 11.8 Å². The summed E-state index contributed by atoms with van der Waals surface area (Å²) in [5.41, 5.74) is 0. The van der Waals surface area contributed by atoms with E-state index in [9.17, 15) is 4.79 Å². The molecule has 1 heterocycles. The molecule has 0 radical (unpaired) electrons. The molecule has 0 aromatic rings. The number of carbonyl (C=O) groups excluding carboxylic acids is 1. The second kappa shape index (κ2) is 6.37. The fraction of sp³-hybridized carbons (Fsp3) is 0.769. The summed E-state index contributed by atoms with van der Waals surface area (Å²) in [5, 5.41) is 0. The zero-order valence-corrected chi connectivity index (χ0v) is 10.6. The molecule has 0 aromatic carbocycles. The molecule has 0 bridgehead atoms. The fourth-order valence-corrected chi connectivity index (χ4v) is 3.31. The van der Waals surface area contributed by atoms with Gasteiger partial charge in [0.1, 0.15) is 5.78 Å². The Hall–Kier alpha value is -0.240. The predicted molar refractivity (Wildman–Crippen MR) is 68.4 cm³/mol. The first-order chi connectivity index (χ1) is 7.19. The molecule has 0 aromatic heterocycles. The number of hydrogen-bond acceptors (Lipinski definition) is 2. The van der Waals surface area contributed by atoms with Crippen LogP contribution in [-0.4, -0.2) is 16.3 Å². The van der Waals surface area contributed by atoms with Crippen molar-refractivity contribution in [1.29, 1.82) is 0 Å². The van der Waals surface area contributed by atoms with Gasteiger partial charge in [0.05, 0.1) is 4.75 Å². The molecule has 0 spiro atoms. The summed E-state index contributed by atoms with van der Waals surface area (Å²) in [7, 11) is 0. The van der Waals surface area contributed by atoms with Crippen LogP contribution in [0.2, 0.25) is 0 Å². The maximum absolute atomic E-state index is 12.0. The Morgan fingerprint density at radius 2 is 2.27 bits per heavy atom. The van der Waals surface area contributed by atoms with Crippen molar-refractivity contribution in [3.8, 4) is 0 Å². The van der Waals surface area contributed by atoms with Crippen LogP contribution in [0, 0.1) is 0 Å². The van der Waals surface area contributed by atoms with Gasteiger partial charge in [0.25, 0.3) is 0 Å². The SMILES string of the molecule is C=CCCCCCC(=O)C1(C)CCCS1. The van der Waals surface area contributed by atoms with Crippen LogP contribution in [-0.2, 0) is 4.79 Å². The first-order valence-corrected chi connectivity index (χ1v) is 6.96. The topological polar surface area (TPSA) is 17.1 Å². The number of ketones is 1. The molecule has 0 saturated carbocycles. The molecule has 2 heteroatoms. The van der Waals surface area contributed by atoms with Gasteiger partial charge >= 0.3 is 0 Å². The van der Waals surface area contributed by atoms with Crippen molar-refractivity contribution in [2.24, 2.45) is 0 Å². The first-order valence-electron chi connectivity index (χ1n) is 5.97. The molecular weight excluding hydrogens is 204 g/mol. The largest absolute Gasteiger partial charge is 0.298 e. The zero-order chi connectivity index (χ0) is 11.1. The van der Waals surface area contributed by atoms with Crippen LogP contribution in [0.15, 0.2) is 12.7 Å². The number of rotatable bonds is 7. The molecule has 1 aliphatic rings. The van der Waals surface area contributed by atoms with Gasteiger partial charge in [-0.1, -0.05) is 12.5 Å². The molecule has 1 saturated heterocycles. The van der Waals surface area contributed by atoms with E-state index in [2.05, 4.69) is 13.5 Å². The molecule has 1 aliphatic heterocycles.